The summed E-state index contributed by atoms with van der Waals surface area (Å²) in [5, 5.41) is 0.420. The number of hydrogen-bond donors (Lipinski definition) is 0. The maximum atomic E-state index is 12.0. The van der Waals surface area contributed by atoms with Crippen LogP contribution in [-0.2, 0) is 0 Å². The second-order valence-electron chi connectivity index (χ2n) is 4.04. The Labute approximate surface area is 116 Å². The summed E-state index contributed by atoms with van der Waals surface area (Å²) in [6.07, 6.45) is 7.07. The number of benzene rings is 1. The molecule has 0 aliphatic carbocycles. The molecule has 2 rings (SSSR count). The van der Waals surface area contributed by atoms with Crippen molar-refractivity contribution in [2.24, 2.45) is 0 Å². The molecule has 0 radical (unpaired) electrons. The van der Waals surface area contributed by atoms with Crippen molar-refractivity contribution in [1.29, 1.82) is 0 Å². The summed E-state index contributed by atoms with van der Waals surface area (Å²) in [7, 11) is 1.56. The molecule has 0 saturated carbocycles. The van der Waals surface area contributed by atoms with Crippen molar-refractivity contribution in [3.8, 4) is 5.75 Å². The van der Waals surface area contributed by atoms with E-state index in [0.717, 1.165) is 0 Å². The van der Waals surface area contributed by atoms with Gasteiger partial charge in [0.15, 0.2) is 0 Å². The van der Waals surface area contributed by atoms with Crippen LogP contribution in [0.4, 0.5) is 0 Å². The molecule has 0 amide bonds. The number of methoxy groups -OCH3 is 1. The van der Waals surface area contributed by atoms with Crippen LogP contribution in [0.5, 0.6) is 5.75 Å². The largest absolute Gasteiger partial charge is 0.497 e. The Morgan fingerprint density at radius 3 is 2.90 bits per heavy atom. The van der Waals surface area contributed by atoms with Gasteiger partial charge in [-0.25, -0.2) is 9.78 Å². The molecule has 0 fully saturated rings. The van der Waals surface area contributed by atoms with E-state index >= 15 is 0 Å². The summed E-state index contributed by atoms with van der Waals surface area (Å²) in [6.45, 7) is 5.60. The third-order valence-corrected chi connectivity index (χ3v) is 2.77. The van der Waals surface area contributed by atoms with E-state index in [1.807, 2.05) is 19.1 Å². The van der Waals surface area contributed by atoms with E-state index in [9.17, 15) is 4.79 Å². The van der Waals surface area contributed by atoms with Gasteiger partial charge in [0.05, 0.1) is 18.0 Å². The van der Waals surface area contributed by atoms with Crippen molar-refractivity contribution in [3.05, 3.63) is 65.4 Å². The minimum Gasteiger partial charge on any atom is -0.497 e. The third kappa shape index (κ3) is 2.69. The molecule has 102 valence electrons. The molecule has 4 heteroatoms. The predicted octanol–water partition coefficient (Wildman–Crippen LogP) is 3.34. The van der Waals surface area contributed by atoms with Crippen molar-refractivity contribution in [2.45, 2.75) is 6.92 Å². The van der Waals surface area contributed by atoms with Gasteiger partial charge in [-0.2, -0.15) is 0 Å². The number of ether oxygens (including phenoxy) is 1. The Bertz CT molecular complexity index is 754. The lowest BCUT2D eigenvalue weighted by atomic mass is 10.2. The van der Waals surface area contributed by atoms with E-state index in [0.29, 0.717) is 22.2 Å². The molecule has 0 spiro atoms. The summed E-state index contributed by atoms with van der Waals surface area (Å²) >= 11 is 0. The Morgan fingerprint density at radius 2 is 2.25 bits per heavy atom. The third-order valence-electron chi connectivity index (χ3n) is 2.77. The highest BCUT2D eigenvalue weighted by Crippen LogP contribution is 2.19. The van der Waals surface area contributed by atoms with Gasteiger partial charge in [-0.05, 0) is 25.1 Å². The highest BCUT2D eigenvalue weighted by molar-refractivity contribution is 5.81. The SMILES string of the molecule is C=C/C(=C\C=C/C)c1nc2cc(OC)ccc2c(=O)o1. The molecule has 0 aliphatic heterocycles. The zero-order valence-electron chi connectivity index (χ0n) is 11.4. The highest BCUT2D eigenvalue weighted by atomic mass is 16.5. The molecule has 0 bridgehead atoms. The fourth-order valence-corrected chi connectivity index (χ4v) is 1.73. The normalized spacial score (nSPS) is 12.0. The summed E-state index contributed by atoms with van der Waals surface area (Å²) in [5.74, 6) is 0.878. The Kier molecular flexibility index (Phi) is 4.15. The summed E-state index contributed by atoms with van der Waals surface area (Å²) < 4.78 is 10.4. The standard InChI is InChI=1S/C16H15NO3/c1-4-6-7-11(5-2)15-17-14-10-12(19-3)8-9-13(14)16(18)20-15/h4-10H,2H2,1,3H3/b6-4-,11-7+. The number of nitrogens with zero attached hydrogens (tertiary/aromatic N) is 1. The molecule has 1 heterocycles. The Morgan fingerprint density at radius 1 is 1.45 bits per heavy atom. The first-order chi connectivity index (χ1) is 9.69. The van der Waals surface area contributed by atoms with Crippen molar-refractivity contribution < 1.29 is 9.15 Å². The van der Waals surface area contributed by atoms with Crippen LogP contribution in [-0.4, -0.2) is 12.1 Å². The average Bonchev–Trinajstić information content (AvgIpc) is 2.47. The molecule has 0 unspecified atom stereocenters. The minimum absolute atomic E-state index is 0.240. The quantitative estimate of drug-likeness (QED) is 0.799. The second kappa shape index (κ2) is 6.02. The average molecular weight is 269 g/mol. The van der Waals surface area contributed by atoms with Crippen LogP contribution in [0.2, 0.25) is 0 Å². The van der Waals surface area contributed by atoms with Gasteiger partial charge in [0.1, 0.15) is 5.75 Å². The zero-order chi connectivity index (χ0) is 14.5. The van der Waals surface area contributed by atoms with E-state index in [-0.39, 0.29) is 5.89 Å². The maximum Gasteiger partial charge on any atom is 0.347 e. The number of hydrogen-bond acceptors (Lipinski definition) is 4. The smallest absolute Gasteiger partial charge is 0.347 e. The van der Waals surface area contributed by atoms with Crippen LogP contribution in [0.1, 0.15) is 12.8 Å². The lowest BCUT2D eigenvalue weighted by Crippen LogP contribution is -2.04. The molecule has 0 N–H and O–H groups in total. The second-order valence-corrected chi connectivity index (χ2v) is 4.04. The van der Waals surface area contributed by atoms with E-state index in [1.54, 1.807) is 37.5 Å². The van der Waals surface area contributed by atoms with E-state index in [4.69, 9.17) is 9.15 Å². The molecular formula is C16H15NO3. The van der Waals surface area contributed by atoms with Crippen LogP contribution < -0.4 is 10.4 Å². The molecular weight excluding hydrogens is 254 g/mol. The van der Waals surface area contributed by atoms with Crippen molar-refractivity contribution in [1.82, 2.24) is 4.98 Å². The number of allylic oxidation sites excluding steroid dienone is 5. The van der Waals surface area contributed by atoms with Crippen LogP contribution in [0.3, 0.4) is 0 Å². The van der Waals surface area contributed by atoms with Crippen LogP contribution in [0.25, 0.3) is 16.5 Å². The number of fused-ring (bicyclic) bond motifs is 1. The van der Waals surface area contributed by atoms with Gasteiger partial charge in [-0.3, -0.25) is 0 Å². The maximum absolute atomic E-state index is 12.0. The number of rotatable bonds is 4. The van der Waals surface area contributed by atoms with Gasteiger partial charge in [0, 0.05) is 11.6 Å². The highest BCUT2D eigenvalue weighted by Gasteiger charge is 2.09. The van der Waals surface area contributed by atoms with Crippen molar-refractivity contribution in [2.75, 3.05) is 7.11 Å². The number of aromatic nitrogens is 1. The summed E-state index contributed by atoms with van der Waals surface area (Å²) in [5.41, 5.74) is 0.745. The minimum atomic E-state index is -0.430. The fraction of sp³-hybridized carbons (Fsp3) is 0.125. The molecule has 1 aromatic heterocycles. The van der Waals surface area contributed by atoms with E-state index in [2.05, 4.69) is 11.6 Å². The van der Waals surface area contributed by atoms with Gasteiger partial charge in [-0.1, -0.05) is 24.8 Å². The van der Waals surface area contributed by atoms with Crippen molar-refractivity contribution >= 4 is 16.5 Å². The fourth-order valence-electron chi connectivity index (χ4n) is 1.73. The zero-order valence-corrected chi connectivity index (χ0v) is 11.4. The molecule has 20 heavy (non-hydrogen) atoms. The van der Waals surface area contributed by atoms with Crippen LogP contribution >= 0.6 is 0 Å². The van der Waals surface area contributed by atoms with Gasteiger partial charge in [0.2, 0.25) is 5.89 Å². The van der Waals surface area contributed by atoms with Gasteiger partial charge >= 0.3 is 5.63 Å². The lowest BCUT2D eigenvalue weighted by molar-refractivity contribution is 0.415. The van der Waals surface area contributed by atoms with Gasteiger partial charge < -0.3 is 9.15 Å². The van der Waals surface area contributed by atoms with Crippen LogP contribution in [0, 0.1) is 0 Å². The molecule has 4 nitrogen and oxygen atoms in total. The molecule has 0 atom stereocenters. The van der Waals surface area contributed by atoms with Crippen molar-refractivity contribution in [3.63, 3.8) is 0 Å². The summed E-state index contributed by atoms with van der Waals surface area (Å²) in [4.78, 5) is 16.3. The molecule has 1 aromatic carbocycles. The van der Waals surface area contributed by atoms with Gasteiger partial charge in [0.25, 0.3) is 0 Å². The first-order valence-corrected chi connectivity index (χ1v) is 6.14. The Balaban J connectivity index is 2.66. The molecule has 0 aliphatic rings. The van der Waals surface area contributed by atoms with E-state index < -0.39 is 5.63 Å². The first kappa shape index (κ1) is 13.8. The monoisotopic (exact) mass is 269 g/mol. The van der Waals surface area contributed by atoms with E-state index in [1.165, 1.54) is 0 Å². The predicted molar refractivity (Wildman–Crippen MR) is 79.8 cm³/mol. The molecule has 0 saturated heterocycles. The molecule has 2 aromatic rings. The van der Waals surface area contributed by atoms with Crippen LogP contribution in [0.15, 0.2) is 58.3 Å². The van der Waals surface area contributed by atoms with Gasteiger partial charge in [-0.15, -0.1) is 0 Å². The lowest BCUT2D eigenvalue weighted by Gasteiger charge is -2.03. The Hall–Kier alpha value is -2.62. The summed E-state index contributed by atoms with van der Waals surface area (Å²) in [6, 6.07) is 5.04. The topological polar surface area (TPSA) is 52.3 Å². The first-order valence-electron chi connectivity index (χ1n) is 6.14.